The molecule has 2 aliphatic rings. The van der Waals surface area contributed by atoms with Crippen LogP contribution >= 0.6 is 0 Å². The van der Waals surface area contributed by atoms with E-state index in [1.54, 1.807) is 0 Å². The molecule has 3 heteroatoms. The van der Waals surface area contributed by atoms with Gasteiger partial charge in [0.05, 0.1) is 5.41 Å². The summed E-state index contributed by atoms with van der Waals surface area (Å²) in [6.07, 6.45) is 4.35. The van der Waals surface area contributed by atoms with Gasteiger partial charge in [-0.25, -0.2) is 0 Å². The SMILES string of the molecule is CC(C)C1CCN(C(=O)C2(CN)CCC2)C1. The van der Waals surface area contributed by atoms with Gasteiger partial charge >= 0.3 is 0 Å². The Bertz CT molecular complexity index is 266. The third-order valence-corrected chi connectivity index (χ3v) is 4.61. The van der Waals surface area contributed by atoms with Crippen LogP contribution in [0.25, 0.3) is 0 Å². The summed E-state index contributed by atoms with van der Waals surface area (Å²) in [5.41, 5.74) is 5.61. The molecule has 1 atom stereocenters. The van der Waals surface area contributed by atoms with Crippen LogP contribution in [-0.4, -0.2) is 30.4 Å². The second-order valence-electron chi connectivity index (χ2n) is 5.88. The Balaban J connectivity index is 1.96. The van der Waals surface area contributed by atoms with Crippen LogP contribution in [0.4, 0.5) is 0 Å². The number of rotatable bonds is 3. The van der Waals surface area contributed by atoms with Gasteiger partial charge in [0.15, 0.2) is 0 Å². The number of hydrogen-bond acceptors (Lipinski definition) is 2. The summed E-state index contributed by atoms with van der Waals surface area (Å²) in [6.45, 7) is 6.94. The van der Waals surface area contributed by atoms with Gasteiger partial charge < -0.3 is 10.6 Å². The first-order valence-corrected chi connectivity index (χ1v) is 6.58. The fourth-order valence-corrected chi connectivity index (χ4v) is 2.96. The molecule has 2 N–H and O–H groups in total. The van der Waals surface area contributed by atoms with Crippen LogP contribution in [0.3, 0.4) is 0 Å². The number of carbonyl (C=O) groups is 1. The summed E-state index contributed by atoms with van der Waals surface area (Å²) in [6, 6.07) is 0. The molecule has 1 heterocycles. The van der Waals surface area contributed by atoms with E-state index < -0.39 is 0 Å². The van der Waals surface area contributed by atoms with Crippen LogP contribution in [0.15, 0.2) is 0 Å². The molecule has 0 spiro atoms. The lowest BCUT2D eigenvalue weighted by molar-refractivity contribution is -0.145. The van der Waals surface area contributed by atoms with Gasteiger partial charge in [0.1, 0.15) is 0 Å². The predicted octanol–water partition coefficient (Wildman–Crippen LogP) is 1.62. The first kappa shape index (κ1) is 11.9. The van der Waals surface area contributed by atoms with Gasteiger partial charge in [0, 0.05) is 19.6 Å². The zero-order valence-corrected chi connectivity index (χ0v) is 10.5. The molecule has 1 amide bonds. The van der Waals surface area contributed by atoms with Gasteiger partial charge in [-0.1, -0.05) is 20.3 Å². The Kier molecular flexibility index (Phi) is 3.24. The predicted molar refractivity (Wildman–Crippen MR) is 64.9 cm³/mol. The summed E-state index contributed by atoms with van der Waals surface area (Å²) in [5.74, 6) is 1.72. The first-order chi connectivity index (χ1) is 7.59. The zero-order valence-electron chi connectivity index (χ0n) is 10.5. The zero-order chi connectivity index (χ0) is 11.8. The number of likely N-dealkylation sites (tertiary alicyclic amines) is 1. The van der Waals surface area contributed by atoms with Crippen LogP contribution < -0.4 is 5.73 Å². The van der Waals surface area contributed by atoms with Crippen molar-refractivity contribution >= 4 is 5.91 Å². The van der Waals surface area contributed by atoms with Crippen molar-refractivity contribution in [2.75, 3.05) is 19.6 Å². The van der Waals surface area contributed by atoms with E-state index in [4.69, 9.17) is 5.73 Å². The maximum atomic E-state index is 12.4. The van der Waals surface area contributed by atoms with E-state index in [0.29, 0.717) is 24.3 Å². The van der Waals surface area contributed by atoms with Crippen molar-refractivity contribution in [2.24, 2.45) is 23.0 Å². The number of nitrogens with zero attached hydrogens (tertiary/aromatic N) is 1. The highest BCUT2D eigenvalue weighted by molar-refractivity contribution is 5.84. The minimum absolute atomic E-state index is 0.175. The van der Waals surface area contributed by atoms with Gasteiger partial charge in [-0.15, -0.1) is 0 Å². The molecule has 0 radical (unpaired) electrons. The molecule has 0 aromatic rings. The summed E-state index contributed by atoms with van der Waals surface area (Å²) < 4.78 is 0. The van der Waals surface area contributed by atoms with Crippen molar-refractivity contribution in [3.05, 3.63) is 0 Å². The van der Waals surface area contributed by atoms with E-state index in [0.717, 1.165) is 25.9 Å². The summed E-state index contributed by atoms with van der Waals surface area (Å²) in [4.78, 5) is 14.5. The van der Waals surface area contributed by atoms with Crippen molar-refractivity contribution in [2.45, 2.75) is 39.5 Å². The third-order valence-electron chi connectivity index (χ3n) is 4.61. The van der Waals surface area contributed by atoms with Crippen molar-refractivity contribution < 1.29 is 4.79 Å². The minimum Gasteiger partial charge on any atom is -0.342 e. The third kappa shape index (κ3) is 1.86. The molecule has 1 saturated heterocycles. The van der Waals surface area contributed by atoms with Gasteiger partial charge in [0.2, 0.25) is 5.91 Å². The van der Waals surface area contributed by atoms with Crippen LogP contribution in [0.2, 0.25) is 0 Å². The number of amides is 1. The standard InChI is InChI=1S/C13H24N2O/c1-10(2)11-4-7-15(8-11)12(16)13(9-14)5-3-6-13/h10-11H,3-9,14H2,1-2H3. The van der Waals surface area contributed by atoms with E-state index in [-0.39, 0.29) is 5.41 Å². The van der Waals surface area contributed by atoms with Crippen LogP contribution in [0.5, 0.6) is 0 Å². The molecule has 0 aromatic carbocycles. The van der Waals surface area contributed by atoms with Gasteiger partial charge in [-0.3, -0.25) is 4.79 Å². The van der Waals surface area contributed by atoms with Gasteiger partial charge in [0.25, 0.3) is 0 Å². The monoisotopic (exact) mass is 224 g/mol. The van der Waals surface area contributed by atoms with Crippen molar-refractivity contribution in [1.82, 2.24) is 4.90 Å². The van der Waals surface area contributed by atoms with E-state index in [1.807, 2.05) is 0 Å². The van der Waals surface area contributed by atoms with Gasteiger partial charge in [-0.05, 0) is 31.1 Å². The molecule has 2 rings (SSSR count). The van der Waals surface area contributed by atoms with Crippen molar-refractivity contribution in [3.63, 3.8) is 0 Å². The molecule has 3 nitrogen and oxygen atoms in total. The molecule has 1 aliphatic carbocycles. The number of hydrogen-bond donors (Lipinski definition) is 1. The van der Waals surface area contributed by atoms with E-state index in [2.05, 4.69) is 18.7 Å². The summed E-state index contributed by atoms with van der Waals surface area (Å²) >= 11 is 0. The molecule has 0 bridgehead atoms. The largest absolute Gasteiger partial charge is 0.342 e. The molecule has 2 fully saturated rings. The molecule has 16 heavy (non-hydrogen) atoms. The maximum Gasteiger partial charge on any atom is 0.230 e. The highest BCUT2D eigenvalue weighted by Crippen LogP contribution is 2.42. The lowest BCUT2D eigenvalue weighted by atomic mass is 9.68. The average molecular weight is 224 g/mol. The Morgan fingerprint density at radius 1 is 1.50 bits per heavy atom. The Morgan fingerprint density at radius 3 is 2.56 bits per heavy atom. The fourth-order valence-electron chi connectivity index (χ4n) is 2.96. The van der Waals surface area contributed by atoms with Crippen LogP contribution in [-0.2, 0) is 4.79 Å². The summed E-state index contributed by atoms with van der Waals surface area (Å²) in [5, 5.41) is 0. The Labute approximate surface area is 98.4 Å². The normalized spacial score (nSPS) is 28.2. The first-order valence-electron chi connectivity index (χ1n) is 6.58. The van der Waals surface area contributed by atoms with Crippen molar-refractivity contribution in [3.8, 4) is 0 Å². The Hall–Kier alpha value is -0.570. The number of carbonyl (C=O) groups excluding carboxylic acids is 1. The lowest BCUT2D eigenvalue weighted by Gasteiger charge is -2.41. The minimum atomic E-state index is -0.175. The maximum absolute atomic E-state index is 12.4. The van der Waals surface area contributed by atoms with Gasteiger partial charge in [-0.2, -0.15) is 0 Å². The summed E-state index contributed by atoms with van der Waals surface area (Å²) in [7, 11) is 0. The van der Waals surface area contributed by atoms with Crippen molar-refractivity contribution in [1.29, 1.82) is 0 Å². The van der Waals surface area contributed by atoms with E-state index >= 15 is 0 Å². The second-order valence-corrected chi connectivity index (χ2v) is 5.88. The van der Waals surface area contributed by atoms with E-state index in [9.17, 15) is 4.79 Å². The molecule has 1 saturated carbocycles. The molecular formula is C13H24N2O. The molecule has 1 aliphatic heterocycles. The fraction of sp³-hybridized carbons (Fsp3) is 0.923. The second kappa shape index (κ2) is 4.36. The highest BCUT2D eigenvalue weighted by atomic mass is 16.2. The quantitative estimate of drug-likeness (QED) is 0.792. The Morgan fingerprint density at radius 2 is 2.19 bits per heavy atom. The molecular weight excluding hydrogens is 200 g/mol. The van der Waals surface area contributed by atoms with Crippen LogP contribution in [0, 0.1) is 17.3 Å². The average Bonchev–Trinajstić information content (AvgIpc) is 2.65. The van der Waals surface area contributed by atoms with Crippen LogP contribution in [0.1, 0.15) is 39.5 Å². The lowest BCUT2D eigenvalue weighted by Crippen LogP contribution is -2.51. The molecule has 92 valence electrons. The molecule has 0 aromatic heterocycles. The molecule has 1 unspecified atom stereocenters. The highest BCUT2D eigenvalue weighted by Gasteiger charge is 2.46. The smallest absolute Gasteiger partial charge is 0.230 e. The van der Waals surface area contributed by atoms with E-state index in [1.165, 1.54) is 12.8 Å². The number of nitrogens with two attached hydrogens (primary N) is 1. The topological polar surface area (TPSA) is 46.3 Å².